The van der Waals surface area contributed by atoms with Crippen LogP contribution >= 0.6 is 0 Å². The first kappa shape index (κ1) is 19.5. The average Bonchev–Trinajstić information content (AvgIpc) is 3.12. The highest BCUT2D eigenvalue weighted by molar-refractivity contribution is 5.79. The Morgan fingerprint density at radius 2 is 1.72 bits per heavy atom. The second-order valence-electron chi connectivity index (χ2n) is 8.54. The molecule has 29 heavy (non-hydrogen) atoms. The van der Waals surface area contributed by atoms with Gasteiger partial charge in [-0.15, -0.1) is 0 Å². The largest absolute Gasteiger partial charge is 0.444 e. The number of aromatic amines is 1. The number of benzene rings is 2. The molecule has 6 nitrogen and oxygen atoms in total. The van der Waals surface area contributed by atoms with E-state index in [1.165, 1.54) is 5.56 Å². The van der Waals surface area contributed by atoms with Crippen molar-refractivity contribution in [3.8, 4) is 11.4 Å². The second-order valence-corrected chi connectivity index (χ2v) is 8.54. The molecule has 4 rings (SSSR count). The summed E-state index contributed by atoms with van der Waals surface area (Å²) < 4.78 is 5.47. The van der Waals surface area contributed by atoms with Crippen molar-refractivity contribution in [1.29, 1.82) is 0 Å². The summed E-state index contributed by atoms with van der Waals surface area (Å²) in [6.45, 7) is 9.68. The van der Waals surface area contributed by atoms with Gasteiger partial charge in [0.25, 0.3) is 0 Å². The van der Waals surface area contributed by atoms with Crippen molar-refractivity contribution in [2.75, 3.05) is 26.2 Å². The van der Waals surface area contributed by atoms with Gasteiger partial charge in [0.1, 0.15) is 11.4 Å². The minimum atomic E-state index is -0.449. The number of ether oxygens (including phenoxy) is 1. The maximum Gasteiger partial charge on any atom is 0.410 e. The molecule has 1 amide bonds. The number of aromatic nitrogens is 2. The summed E-state index contributed by atoms with van der Waals surface area (Å²) in [6, 6.07) is 16.6. The molecule has 1 aliphatic heterocycles. The average molecular weight is 393 g/mol. The van der Waals surface area contributed by atoms with Crippen LogP contribution in [0.15, 0.2) is 48.5 Å². The summed E-state index contributed by atoms with van der Waals surface area (Å²) in [7, 11) is 0. The number of amides is 1. The Morgan fingerprint density at radius 3 is 2.38 bits per heavy atom. The number of nitrogens with one attached hydrogen (secondary N) is 1. The molecule has 2 heterocycles. The summed E-state index contributed by atoms with van der Waals surface area (Å²) in [5.41, 5.74) is 3.93. The summed E-state index contributed by atoms with van der Waals surface area (Å²) in [6.07, 6.45) is -0.215. The van der Waals surface area contributed by atoms with E-state index in [2.05, 4.69) is 39.1 Å². The number of hydrogen-bond acceptors (Lipinski definition) is 4. The van der Waals surface area contributed by atoms with Crippen LogP contribution in [0.1, 0.15) is 26.3 Å². The van der Waals surface area contributed by atoms with Crippen LogP contribution < -0.4 is 0 Å². The van der Waals surface area contributed by atoms with Crippen LogP contribution in [0.2, 0.25) is 0 Å². The zero-order chi connectivity index (χ0) is 20.4. The van der Waals surface area contributed by atoms with Gasteiger partial charge in [0, 0.05) is 38.3 Å². The predicted octanol–water partition coefficient (Wildman–Crippen LogP) is 4.28. The first-order chi connectivity index (χ1) is 13.9. The number of nitrogens with zero attached hydrogens (tertiary/aromatic N) is 3. The Labute approximate surface area is 171 Å². The molecular weight excluding hydrogens is 364 g/mol. The summed E-state index contributed by atoms with van der Waals surface area (Å²) in [5.74, 6) is 0.892. The van der Waals surface area contributed by atoms with Crippen LogP contribution in [0.3, 0.4) is 0 Å². The Hall–Kier alpha value is -2.86. The molecule has 0 unspecified atom stereocenters. The molecule has 1 aromatic heterocycles. The monoisotopic (exact) mass is 392 g/mol. The predicted molar refractivity (Wildman–Crippen MR) is 115 cm³/mol. The lowest BCUT2D eigenvalue weighted by Crippen LogP contribution is -2.49. The van der Waals surface area contributed by atoms with Gasteiger partial charge in [-0.3, -0.25) is 4.90 Å². The van der Waals surface area contributed by atoms with Crippen LogP contribution in [0.5, 0.6) is 0 Å². The van der Waals surface area contributed by atoms with Gasteiger partial charge in [0.05, 0.1) is 11.0 Å². The highest BCUT2D eigenvalue weighted by atomic mass is 16.6. The van der Waals surface area contributed by atoms with Crippen LogP contribution in [0.4, 0.5) is 4.79 Å². The molecule has 0 radical (unpaired) electrons. The number of carbonyl (C=O) groups is 1. The molecule has 0 atom stereocenters. The highest BCUT2D eigenvalue weighted by Crippen LogP contribution is 2.21. The number of H-pyrrole nitrogens is 1. The van der Waals surface area contributed by atoms with Gasteiger partial charge < -0.3 is 14.6 Å². The molecule has 0 spiro atoms. The molecule has 6 heteroatoms. The third-order valence-electron chi connectivity index (χ3n) is 5.05. The number of carbonyl (C=O) groups excluding carboxylic acids is 1. The first-order valence-corrected chi connectivity index (χ1v) is 10.1. The van der Waals surface area contributed by atoms with Gasteiger partial charge in [-0.25, -0.2) is 9.78 Å². The molecule has 1 saturated heterocycles. The molecule has 1 N–H and O–H groups in total. The fraction of sp³-hybridized carbons (Fsp3) is 0.391. The minimum absolute atomic E-state index is 0.215. The van der Waals surface area contributed by atoms with Gasteiger partial charge in [-0.1, -0.05) is 36.4 Å². The maximum atomic E-state index is 12.2. The zero-order valence-electron chi connectivity index (χ0n) is 17.3. The maximum absolute atomic E-state index is 12.2. The van der Waals surface area contributed by atoms with Crippen molar-refractivity contribution >= 4 is 17.1 Å². The van der Waals surface area contributed by atoms with E-state index in [0.717, 1.165) is 42.1 Å². The molecule has 3 aromatic rings. The summed E-state index contributed by atoms with van der Waals surface area (Å²) in [4.78, 5) is 24.4. The third kappa shape index (κ3) is 4.77. The molecular formula is C23H28N4O2. The number of fused-ring (bicyclic) bond motifs is 1. The Morgan fingerprint density at radius 1 is 1.03 bits per heavy atom. The highest BCUT2D eigenvalue weighted by Gasteiger charge is 2.25. The van der Waals surface area contributed by atoms with Crippen LogP contribution in [-0.4, -0.2) is 57.6 Å². The molecule has 152 valence electrons. The number of rotatable bonds is 3. The molecule has 0 saturated carbocycles. The molecule has 1 fully saturated rings. The zero-order valence-corrected chi connectivity index (χ0v) is 17.3. The van der Waals surface area contributed by atoms with E-state index in [1.54, 1.807) is 4.90 Å². The van der Waals surface area contributed by atoms with Crippen LogP contribution in [0.25, 0.3) is 22.4 Å². The fourth-order valence-electron chi connectivity index (χ4n) is 3.53. The standard InChI is InChI=1S/C23H28N4O2/c1-23(2,3)29-22(28)27-14-12-26(13-15-27)16-17-8-10-18(11-9-17)21-24-19-6-4-5-7-20(19)25-21/h4-11H,12-16H2,1-3H3,(H,24,25). The smallest absolute Gasteiger partial charge is 0.410 e. The molecule has 0 aliphatic carbocycles. The van der Waals surface area contributed by atoms with E-state index in [0.29, 0.717) is 13.1 Å². The lowest BCUT2D eigenvalue weighted by molar-refractivity contribution is 0.0139. The fourth-order valence-corrected chi connectivity index (χ4v) is 3.53. The number of piperazine rings is 1. The van der Waals surface area contributed by atoms with Gasteiger partial charge >= 0.3 is 6.09 Å². The quantitative estimate of drug-likeness (QED) is 0.723. The van der Waals surface area contributed by atoms with Crippen molar-refractivity contribution in [2.45, 2.75) is 32.9 Å². The topological polar surface area (TPSA) is 61.5 Å². The number of imidazole rings is 1. The lowest BCUT2D eigenvalue weighted by Gasteiger charge is -2.35. The SMILES string of the molecule is CC(C)(C)OC(=O)N1CCN(Cc2ccc(-c3nc4ccccc4[nH]3)cc2)CC1. The van der Waals surface area contributed by atoms with Gasteiger partial charge in [0.2, 0.25) is 0 Å². The summed E-state index contributed by atoms with van der Waals surface area (Å²) >= 11 is 0. The van der Waals surface area contributed by atoms with Crippen LogP contribution in [-0.2, 0) is 11.3 Å². The van der Waals surface area contributed by atoms with E-state index >= 15 is 0 Å². The van der Waals surface area contributed by atoms with E-state index in [1.807, 2.05) is 45.0 Å². The van der Waals surface area contributed by atoms with Crippen molar-refractivity contribution in [3.63, 3.8) is 0 Å². The molecule has 0 bridgehead atoms. The lowest BCUT2D eigenvalue weighted by atomic mass is 10.1. The minimum Gasteiger partial charge on any atom is -0.444 e. The van der Waals surface area contributed by atoms with E-state index in [4.69, 9.17) is 4.74 Å². The molecule has 2 aromatic carbocycles. The summed E-state index contributed by atoms with van der Waals surface area (Å²) in [5, 5.41) is 0. The van der Waals surface area contributed by atoms with Crippen molar-refractivity contribution in [3.05, 3.63) is 54.1 Å². The van der Waals surface area contributed by atoms with E-state index < -0.39 is 5.60 Å². The van der Waals surface area contributed by atoms with Crippen molar-refractivity contribution in [1.82, 2.24) is 19.8 Å². The number of para-hydroxylation sites is 2. The Bertz CT molecular complexity index is 947. The Kier molecular flexibility index (Phi) is 5.28. The van der Waals surface area contributed by atoms with Crippen molar-refractivity contribution < 1.29 is 9.53 Å². The van der Waals surface area contributed by atoms with Gasteiger partial charge in [-0.05, 0) is 38.5 Å². The number of hydrogen-bond donors (Lipinski definition) is 1. The Balaban J connectivity index is 1.33. The van der Waals surface area contributed by atoms with Gasteiger partial charge in [0.15, 0.2) is 0 Å². The van der Waals surface area contributed by atoms with E-state index in [9.17, 15) is 4.79 Å². The third-order valence-corrected chi connectivity index (χ3v) is 5.05. The van der Waals surface area contributed by atoms with Crippen LogP contribution in [0, 0.1) is 0 Å². The normalized spacial score (nSPS) is 15.6. The van der Waals surface area contributed by atoms with Crippen molar-refractivity contribution in [2.24, 2.45) is 0 Å². The van der Waals surface area contributed by atoms with E-state index in [-0.39, 0.29) is 6.09 Å². The van der Waals surface area contributed by atoms with Gasteiger partial charge in [-0.2, -0.15) is 0 Å². The first-order valence-electron chi connectivity index (χ1n) is 10.1. The second kappa shape index (κ2) is 7.87. The molecule has 1 aliphatic rings.